The molecule has 236 valence electrons. The van der Waals surface area contributed by atoms with E-state index in [1.165, 1.54) is 0 Å². The molecule has 4 aromatic rings. The summed E-state index contributed by atoms with van der Waals surface area (Å²) in [6.07, 6.45) is 1.91. The number of nitrogens with zero attached hydrogens (tertiary/aromatic N) is 3. The normalized spacial score (nSPS) is 11.7. The van der Waals surface area contributed by atoms with E-state index in [-0.39, 0.29) is 57.9 Å². The minimum absolute atomic E-state index is 0. The Bertz CT molecular complexity index is 1680. The Kier molecular flexibility index (Phi) is 14.1. The number of fused-ring (bicyclic) bond motifs is 1. The second kappa shape index (κ2) is 15.9. The number of imidazole rings is 1. The molecule has 0 radical (unpaired) electrons. The Morgan fingerprint density at radius 2 is 1.56 bits per heavy atom. The van der Waals surface area contributed by atoms with Gasteiger partial charge in [0.25, 0.3) is 0 Å². The third-order valence-electron chi connectivity index (χ3n) is 7.89. The Hall–Kier alpha value is -3.18. The van der Waals surface area contributed by atoms with E-state index in [0.717, 1.165) is 73.0 Å². The molecule has 0 atom stereocenters. The van der Waals surface area contributed by atoms with E-state index in [1.54, 1.807) is 0 Å². The molecule has 0 unspecified atom stereocenters. The molecule has 0 saturated heterocycles. The number of hydrogen-bond acceptors (Lipinski definition) is 2. The van der Waals surface area contributed by atoms with Crippen molar-refractivity contribution in [2.75, 3.05) is 0 Å². The van der Waals surface area contributed by atoms with Gasteiger partial charge in [0, 0.05) is 18.2 Å². The fourth-order valence-electron chi connectivity index (χ4n) is 5.46. The number of rotatable bonds is 9. The Balaban J connectivity index is 0.00000337. The van der Waals surface area contributed by atoms with Crippen LogP contribution in [0.4, 0.5) is 5.69 Å². The number of allylic oxidation sites excluding steroid dienone is 3. The molecular weight excluding hydrogens is 717 g/mol. The Morgan fingerprint density at radius 1 is 0.956 bits per heavy atom. The second-order valence-electron chi connectivity index (χ2n) is 12.7. The molecular formula is C40H51HfN3O. The van der Waals surface area contributed by atoms with Crippen LogP contribution in [-0.2, 0) is 38.3 Å². The fraction of sp³-hybridized carbons (Fsp3) is 0.300. The summed E-state index contributed by atoms with van der Waals surface area (Å²) in [6, 6.07) is 18.9. The predicted octanol–water partition coefficient (Wildman–Crippen LogP) is 11.9. The molecule has 3 aromatic carbocycles. The molecule has 0 fully saturated rings. The van der Waals surface area contributed by atoms with Gasteiger partial charge in [0.15, 0.2) is 0 Å². The molecule has 1 aromatic heterocycles. The maximum Gasteiger partial charge on any atom is 4.00 e. The summed E-state index contributed by atoms with van der Waals surface area (Å²) in [5, 5.41) is 5.26. The van der Waals surface area contributed by atoms with Crippen molar-refractivity contribution in [3.8, 4) is 28.3 Å². The van der Waals surface area contributed by atoms with Gasteiger partial charge in [-0.05, 0) is 41.4 Å². The maximum atomic E-state index is 5.80. The monoisotopic (exact) mass is 769 g/mol. The van der Waals surface area contributed by atoms with Crippen LogP contribution in [0.1, 0.15) is 59.6 Å². The molecule has 0 N–H and O–H groups in total. The van der Waals surface area contributed by atoms with Gasteiger partial charge < -0.3 is 29.5 Å². The van der Waals surface area contributed by atoms with Gasteiger partial charge >= 0.3 is 25.8 Å². The van der Waals surface area contributed by atoms with Gasteiger partial charge in [-0.3, -0.25) is 0 Å². The van der Waals surface area contributed by atoms with Crippen molar-refractivity contribution in [1.29, 1.82) is 0 Å². The average Bonchev–Trinajstić information content (AvgIpc) is 3.27. The average molecular weight is 768 g/mol. The van der Waals surface area contributed by atoms with Crippen LogP contribution in [0.25, 0.3) is 38.9 Å². The van der Waals surface area contributed by atoms with Crippen LogP contribution in [-0.4, -0.2) is 9.55 Å². The number of aromatic nitrogens is 2. The topological polar surface area (TPSA) is 41.1 Å². The first kappa shape index (κ1) is 39.8. The molecule has 0 amide bonds. The zero-order valence-electron chi connectivity index (χ0n) is 29.3. The summed E-state index contributed by atoms with van der Waals surface area (Å²) in [6.45, 7) is 25.8. The zero-order valence-corrected chi connectivity index (χ0v) is 32.9. The quantitative estimate of drug-likeness (QED) is 0.0967. The van der Waals surface area contributed by atoms with Crippen LogP contribution in [0.3, 0.4) is 0 Å². The van der Waals surface area contributed by atoms with Gasteiger partial charge in [-0.15, -0.1) is 11.4 Å². The number of para-hydroxylation sites is 1. The molecule has 0 aliphatic heterocycles. The Morgan fingerprint density at radius 3 is 2.09 bits per heavy atom. The third-order valence-corrected chi connectivity index (χ3v) is 7.89. The van der Waals surface area contributed by atoms with E-state index in [9.17, 15) is 0 Å². The van der Waals surface area contributed by atoms with Gasteiger partial charge in [0.05, 0.1) is 16.8 Å². The van der Waals surface area contributed by atoms with E-state index in [1.807, 2.05) is 6.08 Å². The summed E-state index contributed by atoms with van der Waals surface area (Å²) in [5.74, 6) is 2.16. The molecule has 4 nitrogen and oxygen atoms in total. The Labute approximate surface area is 292 Å². The second-order valence-corrected chi connectivity index (χ2v) is 12.7. The van der Waals surface area contributed by atoms with Crippen molar-refractivity contribution < 1.29 is 30.6 Å². The van der Waals surface area contributed by atoms with Crippen molar-refractivity contribution in [1.82, 2.24) is 9.55 Å². The number of ether oxygens (including phenoxy) is 1. The van der Waals surface area contributed by atoms with E-state index < -0.39 is 0 Å². The number of benzene rings is 3. The molecule has 4 rings (SSSR count). The van der Waals surface area contributed by atoms with Crippen molar-refractivity contribution >= 4 is 16.7 Å². The molecule has 0 aliphatic rings. The van der Waals surface area contributed by atoms with E-state index in [4.69, 9.17) is 15.0 Å². The van der Waals surface area contributed by atoms with Crippen molar-refractivity contribution in [2.24, 2.45) is 18.9 Å². The summed E-state index contributed by atoms with van der Waals surface area (Å²) >= 11 is 0. The molecule has 0 spiro atoms. The van der Waals surface area contributed by atoms with Gasteiger partial charge in [0.1, 0.15) is 5.82 Å². The standard InChI is InChI=1S/C38H45N3O.2CH3.Hf/c1-13-27(24(4)5)34(26(7)23(2)3)39-32-21-25(6)22-33-35(32)40-37(41(33)11)30-18-15-14-17-28(30)29-19-16-20-31(36(29)42-12)38(8,9)10;;;/h13-24H,1,7,12H2,2-6,8-11H3;2*1H3;/q-2;2*-1;+4/b34-27-;;;. The first-order valence-electron chi connectivity index (χ1n) is 14.7. The predicted molar refractivity (Wildman–Crippen MR) is 193 cm³/mol. The SMILES string of the molecule is C=C/C(=C(/[N-]c1cc(C)cc2c1nc(-c1ccccc1-c1cccc(C(C)(C)C)c1O[CH2-])n2C)C(=C)C(C)C)C(C)C.[CH3-].[CH3-].[Hf+4]. The first-order chi connectivity index (χ1) is 19.8. The van der Waals surface area contributed by atoms with E-state index in [2.05, 4.69) is 142 Å². The maximum absolute atomic E-state index is 5.80. The van der Waals surface area contributed by atoms with E-state index >= 15 is 0 Å². The molecule has 5 heteroatoms. The molecule has 0 bridgehead atoms. The van der Waals surface area contributed by atoms with E-state index in [0.29, 0.717) is 0 Å². The smallest absolute Gasteiger partial charge is 0.665 e. The van der Waals surface area contributed by atoms with Crippen molar-refractivity contribution in [3.05, 3.63) is 129 Å². The molecule has 0 saturated carbocycles. The van der Waals surface area contributed by atoms with Crippen LogP contribution in [0.2, 0.25) is 0 Å². The third kappa shape index (κ3) is 7.98. The largest absolute Gasteiger partial charge is 4.00 e. The summed E-state index contributed by atoms with van der Waals surface area (Å²) in [5.41, 5.74) is 10.9. The van der Waals surface area contributed by atoms with Gasteiger partial charge in [-0.1, -0.05) is 133 Å². The fourth-order valence-corrected chi connectivity index (χ4v) is 5.46. The number of hydrogen-bond donors (Lipinski definition) is 0. The zero-order chi connectivity index (χ0) is 30.9. The molecule has 0 aliphatic carbocycles. The van der Waals surface area contributed by atoms with Gasteiger partial charge in [-0.25, -0.2) is 4.98 Å². The van der Waals surface area contributed by atoms with Crippen LogP contribution >= 0.6 is 0 Å². The van der Waals surface area contributed by atoms with Gasteiger partial charge in [0.2, 0.25) is 0 Å². The number of aryl methyl sites for hydroxylation is 2. The minimum atomic E-state index is -0.102. The van der Waals surface area contributed by atoms with Crippen LogP contribution in [0, 0.1) is 40.7 Å². The molecule has 45 heavy (non-hydrogen) atoms. The van der Waals surface area contributed by atoms with Crippen molar-refractivity contribution in [3.63, 3.8) is 0 Å². The van der Waals surface area contributed by atoms with Crippen LogP contribution < -0.4 is 4.74 Å². The molecule has 1 heterocycles. The summed E-state index contributed by atoms with van der Waals surface area (Å²) in [7, 11) is 5.90. The van der Waals surface area contributed by atoms with Crippen LogP contribution in [0.5, 0.6) is 5.75 Å². The summed E-state index contributed by atoms with van der Waals surface area (Å²) in [4.78, 5) is 5.26. The van der Waals surface area contributed by atoms with Crippen molar-refractivity contribution in [2.45, 2.75) is 60.8 Å². The van der Waals surface area contributed by atoms with Crippen LogP contribution in [0.15, 0.2) is 90.7 Å². The first-order valence-corrected chi connectivity index (χ1v) is 14.7. The summed E-state index contributed by atoms with van der Waals surface area (Å²) < 4.78 is 7.96. The minimum Gasteiger partial charge on any atom is -0.665 e. The van der Waals surface area contributed by atoms with Gasteiger partial charge in [-0.2, -0.15) is 7.11 Å².